The third-order valence-corrected chi connectivity index (χ3v) is 1.62. The minimum Gasteiger partial charge on any atom is -0.383 e. The van der Waals surface area contributed by atoms with Crippen molar-refractivity contribution in [1.82, 2.24) is 0 Å². The highest BCUT2D eigenvalue weighted by Gasteiger charge is 2.32. The molecule has 14 heavy (non-hydrogen) atoms. The Bertz CT molecular complexity index is 321. The van der Waals surface area contributed by atoms with Crippen LogP contribution in [-0.2, 0) is 6.18 Å². The Hall–Kier alpha value is -1.33. The largest absolute Gasteiger partial charge is 0.416 e. The number of anilines is 1. The maximum atomic E-state index is 12.8. The van der Waals surface area contributed by atoms with Gasteiger partial charge in [0, 0.05) is 7.05 Å². The molecule has 0 fully saturated rings. The van der Waals surface area contributed by atoms with Crippen molar-refractivity contribution in [3.63, 3.8) is 0 Å². The Balaban J connectivity index is 3.28. The molecule has 0 saturated carbocycles. The molecule has 78 valence electrons. The molecule has 0 aliphatic rings. The maximum Gasteiger partial charge on any atom is 0.416 e. The maximum absolute atomic E-state index is 12.8. The minimum atomic E-state index is -4.74. The quantitative estimate of drug-likeness (QED) is 0.704. The summed E-state index contributed by atoms with van der Waals surface area (Å²) in [5.41, 5.74) is -1.91. The highest BCUT2D eigenvalue weighted by Crippen LogP contribution is 2.32. The first-order valence-electron chi connectivity index (χ1n) is 3.60. The number of hydrogen-bond donors (Lipinski definition) is 1. The van der Waals surface area contributed by atoms with Crippen LogP contribution in [-0.4, -0.2) is 7.05 Å². The zero-order valence-electron chi connectivity index (χ0n) is 7.04. The van der Waals surface area contributed by atoms with Crippen LogP contribution < -0.4 is 5.32 Å². The Morgan fingerprint density at radius 1 is 1.07 bits per heavy atom. The van der Waals surface area contributed by atoms with E-state index in [0.29, 0.717) is 0 Å². The van der Waals surface area contributed by atoms with Gasteiger partial charge < -0.3 is 5.32 Å². The Morgan fingerprint density at radius 2 is 1.50 bits per heavy atom. The normalized spacial score (nSPS) is 11.6. The summed E-state index contributed by atoms with van der Waals surface area (Å²) in [7, 11) is 1.22. The van der Waals surface area contributed by atoms with Gasteiger partial charge in [-0.25, -0.2) is 8.78 Å². The number of benzene rings is 1. The van der Waals surface area contributed by atoms with E-state index in [1.54, 1.807) is 0 Å². The molecular formula is C8H6F5N. The standard InChI is InChI=1S/C8H6F5N/c1-14-7-5(9)2-4(3-6(7)10)8(11,12)13/h2-3,14H,1H3. The predicted molar refractivity (Wildman–Crippen MR) is 40.9 cm³/mol. The molecule has 0 amide bonds. The van der Waals surface area contributed by atoms with Crippen molar-refractivity contribution in [1.29, 1.82) is 0 Å². The van der Waals surface area contributed by atoms with Crippen LogP contribution in [0, 0.1) is 11.6 Å². The van der Waals surface area contributed by atoms with Gasteiger partial charge in [-0.1, -0.05) is 0 Å². The highest BCUT2D eigenvalue weighted by molar-refractivity contribution is 5.47. The molecule has 0 atom stereocenters. The lowest BCUT2D eigenvalue weighted by Gasteiger charge is -2.09. The zero-order valence-corrected chi connectivity index (χ0v) is 7.04. The Labute approximate surface area is 76.5 Å². The van der Waals surface area contributed by atoms with E-state index in [0.717, 1.165) is 0 Å². The third kappa shape index (κ3) is 1.94. The van der Waals surface area contributed by atoms with E-state index < -0.39 is 29.1 Å². The van der Waals surface area contributed by atoms with Crippen LogP contribution >= 0.6 is 0 Å². The van der Waals surface area contributed by atoms with Gasteiger partial charge in [-0.05, 0) is 12.1 Å². The van der Waals surface area contributed by atoms with E-state index in [1.807, 2.05) is 0 Å². The molecule has 1 nitrogen and oxygen atoms in total. The number of alkyl halides is 3. The molecule has 0 aliphatic heterocycles. The molecule has 0 heterocycles. The van der Waals surface area contributed by atoms with Crippen LogP contribution in [0.25, 0.3) is 0 Å². The molecule has 1 N–H and O–H groups in total. The first-order chi connectivity index (χ1) is 6.36. The molecule has 0 spiro atoms. The Morgan fingerprint density at radius 3 is 1.79 bits per heavy atom. The van der Waals surface area contributed by atoms with E-state index in [4.69, 9.17) is 0 Å². The second-order valence-corrected chi connectivity index (χ2v) is 2.56. The van der Waals surface area contributed by atoms with Crippen molar-refractivity contribution in [2.75, 3.05) is 12.4 Å². The number of halogens is 5. The number of hydrogen-bond acceptors (Lipinski definition) is 1. The van der Waals surface area contributed by atoms with Gasteiger partial charge in [0.2, 0.25) is 0 Å². The van der Waals surface area contributed by atoms with Gasteiger partial charge in [0.15, 0.2) is 0 Å². The van der Waals surface area contributed by atoms with Crippen molar-refractivity contribution in [2.45, 2.75) is 6.18 Å². The molecule has 1 aromatic rings. The highest BCUT2D eigenvalue weighted by atomic mass is 19.4. The summed E-state index contributed by atoms with van der Waals surface area (Å²) in [6.07, 6.45) is -4.74. The van der Waals surface area contributed by atoms with E-state index in [2.05, 4.69) is 5.32 Å². The van der Waals surface area contributed by atoms with Crippen molar-refractivity contribution in [3.8, 4) is 0 Å². The van der Waals surface area contributed by atoms with Crippen molar-refractivity contribution >= 4 is 5.69 Å². The first-order valence-corrected chi connectivity index (χ1v) is 3.60. The minimum absolute atomic E-state index is 0.245. The number of nitrogens with one attached hydrogen (secondary N) is 1. The summed E-state index contributed by atoms with van der Waals surface area (Å²) in [6, 6.07) is 0.490. The lowest BCUT2D eigenvalue weighted by atomic mass is 10.2. The SMILES string of the molecule is CNc1c(F)cc(C(F)(F)F)cc1F. The summed E-state index contributed by atoms with van der Waals surface area (Å²) < 4.78 is 61.8. The van der Waals surface area contributed by atoms with Crippen LogP contribution in [0.3, 0.4) is 0 Å². The van der Waals surface area contributed by atoms with Gasteiger partial charge >= 0.3 is 6.18 Å². The molecule has 1 rings (SSSR count). The fraction of sp³-hybridized carbons (Fsp3) is 0.250. The summed E-state index contributed by atoms with van der Waals surface area (Å²) in [5.74, 6) is -2.53. The monoisotopic (exact) mass is 211 g/mol. The van der Waals surface area contributed by atoms with Crippen LogP contribution in [0.2, 0.25) is 0 Å². The van der Waals surface area contributed by atoms with Crippen molar-refractivity contribution < 1.29 is 22.0 Å². The first kappa shape index (κ1) is 10.7. The molecule has 0 aliphatic carbocycles. The molecule has 0 radical (unpaired) electrons. The third-order valence-electron chi connectivity index (χ3n) is 1.62. The average Bonchev–Trinajstić information content (AvgIpc) is 2.01. The van der Waals surface area contributed by atoms with E-state index in [-0.39, 0.29) is 12.1 Å². The fourth-order valence-electron chi connectivity index (χ4n) is 0.976. The fourth-order valence-corrected chi connectivity index (χ4v) is 0.976. The molecule has 0 aromatic heterocycles. The van der Waals surface area contributed by atoms with Crippen LogP contribution in [0.4, 0.5) is 27.6 Å². The second kappa shape index (κ2) is 3.43. The summed E-state index contributed by atoms with van der Waals surface area (Å²) >= 11 is 0. The molecule has 0 bridgehead atoms. The molecule has 6 heteroatoms. The second-order valence-electron chi connectivity index (χ2n) is 2.56. The van der Waals surface area contributed by atoms with Crippen molar-refractivity contribution in [3.05, 3.63) is 29.3 Å². The average molecular weight is 211 g/mol. The topological polar surface area (TPSA) is 12.0 Å². The molecular weight excluding hydrogens is 205 g/mol. The van der Waals surface area contributed by atoms with Crippen LogP contribution in [0.5, 0.6) is 0 Å². The summed E-state index contributed by atoms with van der Waals surface area (Å²) in [4.78, 5) is 0. The van der Waals surface area contributed by atoms with E-state index in [9.17, 15) is 22.0 Å². The Kier molecular flexibility index (Phi) is 2.64. The molecule has 0 unspecified atom stereocenters. The predicted octanol–water partition coefficient (Wildman–Crippen LogP) is 3.03. The lowest BCUT2D eigenvalue weighted by molar-refractivity contribution is -0.137. The van der Waals surface area contributed by atoms with E-state index >= 15 is 0 Å². The van der Waals surface area contributed by atoms with Gasteiger partial charge in [-0.15, -0.1) is 0 Å². The van der Waals surface area contributed by atoms with Crippen LogP contribution in [0.1, 0.15) is 5.56 Å². The van der Waals surface area contributed by atoms with Gasteiger partial charge in [0.1, 0.15) is 17.3 Å². The molecule has 1 aromatic carbocycles. The summed E-state index contributed by atoms with van der Waals surface area (Å²) in [6.45, 7) is 0. The van der Waals surface area contributed by atoms with Crippen molar-refractivity contribution in [2.24, 2.45) is 0 Å². The van der Waals surface area contributed by atoms with E-state index in [1.165, 1.54) is 7.05 Å². The smallest absolute Gasteiger partial charge is 0.383 e. The van der Waals surface area contributed by atoms with Gasteiger partial charge in [-0.2, -0.15) is 13.2 Å². The number of rotatable bonds is 1. The van der Waals surface area contributed by atoms with Gasteiger partial charge in [-0.3, -0.25) is 0 Å². The lowest BCUT2D eigenvalue weighted by Crippen LogP contribution is -2.08. The van der Waals surface area contributed by atoms with Gasteiger partial charge in [0.25, 0.3) is 0 Å². The zero-order chi connectivity index (χ0) is 10.9. The van der Waals surface area contributed by atoms with Crippen LogP contribution in [0.15, 0.2) is 12.1 Å². The summed E-state index contributed by atoms with van der Waals surface area (Å²) in [5, 5.41) is 2.12. The van der Waals surface area contributed by atoms with Gasteiger partial charge in [0.05, 0.1) is 5.56 Å². The molecule has 0 saturated heterocycles.